The van der Waals surface area contributed by atoms with Crippen molar-refractivity contribution in [1.29, 1.82) is 0 Å². The molecule has 0 saturated carbocycles. The van der Waals surface area contributed by atoms with Crippen LogP contribution >= 0.6 is 0 Å². The Morgan fingerprint density at radius 1 is 1.08 bits per heavy atom. The van der Waals surface area contributed by atoms with Gasteiger partial charge < -0.3 is 9.67 Å². The molecule has 1 amide bonds. The molecule has 0 unspecified atom stereocenters. The van der Waals surface area contributed by atoms with Crippen LogP contribution in [0.3, 0.4) is 0 Å². The van der Waals surface area contributed by atoms with E-state index in [4.69, 9.17) is 0 Å². The molecule has 0 atom stereocenters. The number of rotatable bonds is 4. The second-order valence-electron chi connectivity index (χ2n) is 6.22. The first-order valence-corrected chi connectivity index (χ1v) is 8.35. The number of benzene rings is 2. The number of hydrogen-bond donors (Lipinski definition) is 2. The van der Waals surface area contributed by atoms with Crippen molar-refractivity contribution in [3.05, 3.63) is 82.7 Å². The Morgan fingerprint density at radius 2 is 1.85 bits per heavy atom. The second-order valence-corrected chi connectivity index (χ2v) is 6.22. The van der Waals surface area contributed by atoms with Gasteiger partial charge in [0, 0.05) is 22.6 Å². The summed E-state index contributed by atoms with van der Waals surface area (Å²) in [5.41, 5.74) is 7.97. The fourth-order valence-electron chi connectivity index (χ4n) is 2.97. The number of carbonyl (C=O) groups excluding carboxylic acids is 1. The zero-order chi connectivity index (χ0) is 18.7. The molecule has 5 heteroatoms. The zero-order valence-corrected chi connectivity index (χ0v) is 15.0. The monoisotopic (exact) mass is 347 g/mol. The summed E-state index contributed by atoms with van der Waals surface area (Å²) in [6, 6.07) is 16.7. The number of amides is 1. The van der Waals surface area contributed by atoms with Crippen molar-refractivity contribution in [3.63, 3.8) is 0 Å². The first-order chi connectivity index (χ1) is 12.5. The normalized spacial score (nSPS) is 11.0. The number of nitrogens with zero attached hydrogens (tertiary/aromatic N) is 2. The maximum Gasteiger partial charge on any atom is 0.275 e. The van der Waals surface area contributed by atoms with E-state index >= 15 is 0 Å². The number of nitrogens with one attached hydrogen (secondary N) is 1. The Bertz CT molecular complexity index is 987. The fraction of sp³-hybridized carbons (Fsp3) is 0.143. The lowest BCUT2D eigenvalue weighted by Gasteiger charge is -2.10. The number of carbonyl (C=O) groups is 1. The molecule has 2 aromatic carbocycles. The number of para-hydroxylation sites is 1. The first kappa shape index (κ1) is 17.5. The summed E-state index contributed by atoms with van der Waals surface area (Å²) >= 11 is 0. The van der Waals surface area contributed by atoms with Crippen molar-refractivity contribution in [1.82, 2.24) is 9.99 Å². The molecule has 1 aromatic heterocycles. The van der Waals surface area contributed by atoms with Crippen LogP contribution in [0, 0.1) is 20.8 Å². The lowest BCUT2D eigenvalue weighted by atomic mass is 10.2. The lowest BCUT2D eigenvalue weighted by Crippen LogP contribution is -2.17. The van der Waals surface area contributed by atoms with Crippen molar-refractivity contribution in [2.45, 2.75) is 20.8 Å². The highest BCUT2D eigenvalue weighted by molar-refractivity contribution is 5.97. The molecule has 132 valence electrons. The molecule has 0 spiro atoms. The van der Waals surface area contributed by atoms with Crippen LogP contribution < -0.4 is 5.43 Å². The molecule has 3 aromatic rings. The number of aryl methyl sites for hydroxylation is 2. The van der Waals surface area contributed by atoms with E-state index in [-0.39, 0.29) is 11.3 Å². The van der Waals surface area contributed by atoms with Gasteiger partial charge in [0.2, 0.25) is 0 Å². The summed E-state index contributed by atoms with van der Waals surface area (Å²) in [5.74, 6) is -0.523. The molecule has 0 aliphatic rings. The number of phenolic OH excluding ortho intramolecular Hbond substituents is 1. The maximum absolute atomic E-state index is 12.1. The van der Waals surface area contributed by atoms with Gasteiger partial charge in [0.1, 0.15) is 5.75 Å². The lowest BCUT2D eigenvalue weighted by molar-refractivity contribution is 0.0952. The topological polar surface area (TPSA) is 66.6 Å². The second kappa shape index (κ2) is 7.27. The number of phenols is 1. The van der Waals surface area contributed by atoms with Crippen LogP contribution in [0.4, 0.5) is 0 Å². The number of aromatic hydroxyl groups is 1. The minimum atomic E-state index is -0.452. The van der Waals surface area contributed by atoms with Gasteiger partial charge in [-0.05, 0) is 56.7 Å². The summed E-state index contributed by atoms with van der Waals surface area (Å²) < 4.78 is 2.15. The molecule has 0 aliphatic heterocycles. The average Bonchev–Trinajstić information content (AvgIpc) is 2.89. The van der Waals surface area contributed by atoms with Gasteiger partial charge in [-0.2, -0.15) is 5.10 Å². The third kappa shape index (κ3) is 3.52. The van der Waals surface area contributed by atoms with Gasteiger partial charge in [-0.3, -0.25) is 4.79 Å². The number of hydrazone groups is 1. The van der Waals surface area contributed by atoms with Crippen molar-refractivity contribution < 1.29 is 9.90 Å². The van der Waals surface area contributed by atoms with Crippen molar-refractivity contribution in [3.8, 4) is 11.4 Å². The van der Waals surface area contributed by atoms with Crippen LogP contribution in [0.2, 0.25) is 0 Å². The molecule has 5 nitrogen and oxygen atoms in total. The Hall–Kier alpha value is -3.34. The fourth-order valence-corrected chi connectivity index (χ4v) is 2.97. The molecule has 3 rings (SSSR count). The highest BCUT2D eigenvalue weighted by atomic mass is 16.3. The van der Waals surface area contributed by atoms with Crippen LogP contribution in [0.5, 0.6) is 5.75 Å². The number of aromatic nitrogens is 1. The van der Waals surface area contributed by atoms with E-state index in [1.165, 1.54) is 11.6 Å². The van der Waals surface area contributed by atoms with E-state index < -0.39 is 5.91 Å². The van der Waals surface area contributed by atoms with Crippen LogP contribution in [-0.2, 0) is 0 Å². The molecule has 0 radical (unpaired) electrons. The summed E-state index contributed by atoms with van der Waals surface area (Å²) in [7, 11) is 0. The minimum Gasteiger partial charge on any atom is -0.507 e. The van der Waals surface area contributed by atoms with E-state index in [9.17, 15) is 9.90 Å². The van der Waals surface area contributed by atoms with Crippen LogP contribution in [0.25, 0.3) is 5.69 Å². The maximum atomic E-state index is 12.1. The molecular formula is C21H21N3O2. The largest absolute Gasteiger partial charge is 0.507 e. The van der Waals surface area contributed by atoms with Gasteiger partial charge >= 0.3 is 0 Å². The third-order valence-electron chi connectivity index (χ3n) is 4.25. The molecule has 0 fully saturated rings. The van der Waals surface area contributed by atoms with Crippen LogP contribution in [0.1, 0.15) is 32.9 Å². The van der Waals surface area contributed by atoms with Crippen molar-refractivity contribution in [2.75, 3.05) is 0 Å². The Kier molecular flexibility index (Phi) is 4.89. The smallest absolute Gasteiger partial charge is 0.275 e. The number of hydrogen-bond acceptors (Lipinski definition) is 3. The summed E-state index contributed by atoms with van der Waals surface area (Å²) in [6.45, 7) is 6.11. The van der Waals surface area contributed by atoms with Crippen LogP contribution in [0.15, 0.2) is 59.7 Å². The van der Waals surface area contributed by atoms with Crippen LogP contribution in [-0.4, -0.2) is 21.8 Å². The predicted molar refractivity (Wildman–Crippen MR) is 103 cm³/mol. The van der Waals surface area contributed by atoms with E-state index in [2.05, 4.69) is 40.2 Å². The first-order valence-electron chi connectivity index (χ1n) is 8.35. The quantitative estimate of drug-likeness (QED) is 0.556. The van der Waals surface area contributed by atoms with E-state index in [1.807, 2.05) is 26.0 Å². The standard InChI is InChI=1S/C21H21N3O2/c1-14-7-6-8-18(11-14)24-15(2)12-17(16(24)3)13-22-23-21(26)19-9-4-5-10-20(19)25/h4-13,25H,1-3H3,(H,23,26)/b22-13-. The highest BCUT2D eigenvalue weighted by Gasteiger charge is 2.11. The average molecular weight is 347 g/mol. The predicted octanol–water partition coefficient (Wildman–Crippen LogP) is 3.87. The summed E-state index contributed by atoms with van der Waals surface area (Å²) in [6.07, 6.45) is 1.62. The molecule has 0 saturated heterocycles. The van der Waals surface area contributed by atoms with E-state index in [1.54, 1.807) is 24.4 Å². The molecule has 26 heavy (non-hydrogen) atoms. The Labute approximate surface area is 152 Å². The Balaban J connectivity index is 1.81. The summed E-state index contributed by atoms with van der Waals surface area (Å²) in [4.78, 5) is 12.1. The Morgan fingerprint density at radius 3 is 2.58 bits per heavy atom. The van der Waals surface area contributed by atoms with Gasteiger partial charge in [-0.25, -0.2) is 5.43 Å². The van der Waals surface area contributed by atoms with Gasteiger partial charge in [-0.15, -0.1) is 0 Å². The molecule has 1 heterocycles. The van der Waals surface area contributed by atoms with Gasteiger partial charge in [0.05, 0.1) is 11.8 Å². The van der Waals surface area contributed by atoms with E-state index in [0.717, 1.165) is 22.6 Å². The highest BCUT2D eigenvalue weighted by Crippen LogP contribution is 2.20. The minimum absolute atomic E-state index is 0.0715. The zero-order valence-electron chi connectivity index (χ0n) is 15.0. The molecular weight excluding hydrogens is 326 g/mol. The van der Waals surface area contributed by atoms with Gasteiger partial charge in [-0.1, -0.05) is 24.3 Å². The van der Waals surface area contributed by atoms with E-state index in [0.29, 0.717) is 0 Å². The third-order valence-corrected chi connectivity index (χ3v) is 4.25. The van der Waals surface area contributed by atoms with Crippen molar-refractivity contribution in [2.24, 2.45) is 5.10 Å². The van der Waals surface area contributed by atoms with Crippen molar-refractivity contribution >= 4 is 12.1 Å². The molecule has 0 bridgehead atoms. The summed E-state index contributed by atoms with van der Waals surface area (Å²) in [5, 5.41) is 13.8. The molecule has 0 aliphatic carbocycles. The van der Waals surface area contributed by atoms with Gasteiger partial charge in [0.15, 0.2) is 0 Å². The molecule has 2 N–H and O–H groups in total. The van der Waals surface area contributed by atoms with Gasteiger partial charge in [0.25, 0.3) is 5.91 Å². The SMILES string of the molecule is Cc1cccc(-n2c(C)cc(/C=N\NC(=O)c3ccccc3O)c2C)c1.